The number of aliphatic hydroxyl groups excluding tert-OH is 1. The molecule has 0 amide bonds. The zero-order chi connectivity index (χ0) is 19.1. The third-order valence-electron chi connectivity index (χ3n) is 4.97. The van der Waals surface area contributed by atoms with Gasteiger partial charge in [0.25, 0.3) is 0 Å². The molecule has 4 heteroatoms. The van der Waals surface area contributed by atoms with E-state index in [1.807, 2.05) is 6.92 Å². The number of unbranched alkanes of at least 4 members (excludes halogenated alkanes) is 3. The molecule has 0 aromatic carbocycles. The largest absolute Gasteiger partial charge is 0.550 e. The van der Waals surface area contributed by atoms with Crippen molar-refractivity contribution in [1.82, 2.24) is 0 Å². The number of carbonyl (C=O) groups excluding carboxylic acids is 1. The van der Waals surface area contributed by atoms with Crippen molar-refractivity contribution in [3.63, 3.8) is 0 Å². The highest BCUT2D eigenvalue weighted by atomic mass is 16.4. The van der Waals surface area contributed by atoms with Crippen LogP contribution in [0.2, 0.25) is 0 Å². The molecule has 0 radical (unpaired) electrons. The van der Waals surface area contributed by atoms with Crippen molar-refractivity contribution in [2.45, 2.75) is 86.5 Å². The Bertz CT molecular complexity index is 281. The number of carboxylic acid groups (broad SMARTS) is 1. The third kappa shape index (κ3) is 11.9. The fourth-order valence-electron chi connectivity index (χ4n) is 2.51. The summed E-state index contributed by atoms with van der Waals surface area (Å²) >= 11 is 0. The number of carbonyl (C=O) groups is 1. The number of rotatable bonds is 13. The first-order chi connectivity index (χ1) is 11.2. The molecule has 0 saturated carbocycles. The summed E-state index contributed by atoms with van der Waals surface area (Å²) in [7, 11) is 0. The van der Waals surface area contributed by atoms with Crippen LogP contribution in [0, 0.1) is 5.41 Å². The van der Waals surface area contributed by atoms with Gasteiger partial charge in [-0.1, -0.05) is 60.8 Å². The van der Waals surface area contributed by atoms with Crippen LogP contribution < -0.4 is 5.11 Å². The summed E-state index contributed by atoms with van der Waals surface area (Å²) < 4.78 is 1.16. The molecule has 0 spiro atoms. The summed E-state index contributed by atoms with van der Waals surface area (Å²) in [5.74, 6) is -0.972. The number of aliphatic carboxylic acids is 1. The van der Waals surface area contributed by atoms with E-state index in [1.54, 1.807) is 13.8 Å². The highest BCUT2D eigenvalue weighted by Crippen LogP contribution is 2.17. The summed E-state index contributed by atoms with van der Waals surface area (Å²) in [5, 5.41) is 19.4. The summed E-state index contributed by atoms with van der Waals surface area (Å²) in [6, 6.07) is 0. The van der Waals surface area contributed by atoms with Crippen molar-refractivity contribution in [2.24, 2.45) is 5.41 Å². The second kappa shape index (κ2) is 14.7. The maximum Gasteiger partial charge on any atom is 0.102 e. The zero-order valence-corrected chi connectivity index (χ0v) is 17.2. The highest BCUT2D eigenvalue weighted by molar-refractivity contribution is 5.71. The molecule has 0 rings (SSSR count). The third-order valence-corrected chi connectivity index (χ3v) is 4.97. The van der Waals surface area contributed by atoms with Gasteiger partial charge in [-0.05, 0) is 25.7 Å². The van der Waals surface area contributed by atoms with Crippen LogP contribution in [0.3, 0.4) is 0 Å². The Morgan fingerprint density at radius 1 is 0.875 bits per heavy atom. The smallest absolute Gasteiger partial charge is 0.102 e. The minimum atomic E-state index is -0.972. The Kier molecular flexibility index (Phi) is 15.7. The van der Waals surface area contributed by atoms with E-state index < -0.39 is 11.4 Å². The highest BCUT2D eigenvalue weighted by Gasteiger charge is 2.24. The van der Waals surface area contributed by atoms with E-state index in [2.05, 4.69) is 20.8 Å². The summed E-state index contributed by atoms with van der Waals surface area (Å²) in [6.45, 7) is 17.0. The van der Waals surface area contributed by atoms with Crippen molar-refractivity contribution >= 4 is 5.97 Å². The predicted molar refractivity (Wildman–Crippen MR) is 101 cm³/mol. The van der Waals surface area contributed by atoms with Crippen LogP contribution in [0.15, 0.2) is 0 Å². The first kappa shape index (κ1) is 25.6. The van der Waals surface area contributed by atoms with Crippen molar-refractivity contribution < 1.29 is 19.5 Å². The standard InChI is InChI=1S/C14H32NO.C6H12O2/c1-4-7-10-15(13-14-16,11-8-5-2)12-9-6-3;1-4-6(2,3)5(7)8/h16H,4-14H2,1-3H3;4H2,1-3H3,(H,7,8)/q+1;/p-1. The summed E-state index contributed by atoms with van der Waals surface area (Å²) in [6.07, 6.45) is 8.32. The molecule has 0 atom stereocenters. The van der Waals surface area contributed by atoms with Gasteiger partial charge in [-0.2, -0.15) is 0 Å². The second-order valence-electron chi connectivity index (χ2n) is 7.55. The number of hydrogen-bond acceptors (Lipinski definition) is 3. The van der Waals surface area contributed by atoms with Gasteiger partial charge in [-0.25, -0.2) is 0 Å². The van der Waals surface area contributed by atoms with Crippen LogP contribution in [0.1, 0.15) is 86.5 Å². The monoisotopic (exact) mass is 345 g/mol. The van der Waals surface area contributed by atoms with Crippen molar-refractivity contribution in [3.05, 3.63) is 0 Å². The van der Waals surface area contributed by atoms with E-state index in [0.29, 0.717) is 13.0 Å². The van der Waals surface area contributed by atoms with Gasteiger partial charge in [0.15, 0.2) is 0 Å². The van der Waals surface area contributed by atoms with Gasteiger partial charge < -0.3 is 19.5 Å². The number of hydrogen-bond donors (Lipinski definition) is 1. The van der Waals surface area contributed by atoms with Crippen LogP contribution in [0.5, 0.6) is 0 Å². The average molecular weight is 346 g/mol. The van der Waals surface area contributed by atoms with Crippen LogP contribution in [-0.2, 0) is 4.79 Å². The van der Waals surface area contributed by atoms with Gasteiger partial charge in [-0.3, -0.25) is 0 Å². The van der Waals surface area contributed by atoms with E-state index in [1.165, 1.54) is 58.2 Å². The van der Waals surface area contributed by atoms with Crippen molar-refractivity contribution in [1.29, 1.82) is 0 Å². The first-order valence-electron chi connectivity index (χ1n) is 9.92. The number of carboxylic acids is 1. The first-order valence-corrected chi connectivity index (χ1v) is 9.92. The molecule has 4 nitrogen and oxygen atoms in total. The predicted octanol–water partition coefficient (Wildman–Crippen LogP) is 3.37. The van der Waals surface area contributed by atoms with Crippen molar-refractivity contribution in [2.75, 3.05) is 32.8 Å². The topological polar surface area (TPSA) is 60.4 Å². The molecular formula is C20H43NO3. The number of nitrogens with zero attached hydrogens (tertiary/aromatic N) is 1. The van der Waals surface area contributed by atoms with Gasteiger partial charge in [0.2, 0.25) is 0 Å². The van der Waals surface area contributed by atoms with E-state index >= 15 is 0 Å². The van der Waals surface area contributed by atoms with E-state index in [9.17, 15) is 15.0 Å². The van der Waals surface area contributed by atoms with Gasteiger partial charge in [0.05, 0.1) is 26.2 Å². The molecule has 0 aromatic heterocycles. The van der Waals surface area contributed by atoms with Gasteiger partial charge in [0.1, 0.15) is 6.54 Å². The quantitative estimate of drug-likeness (QED) is 0.521. The van der Waals surface area contributed by atoms with E-state index in [0.717, 1.165) is 11.0 Å². The lowest BCUT2D eigenvalue weighted by Crippen LogP contribution is -2.51. The van der Waals surface area contributed by atoms with Crippen LogP contribution >= 0.6 is 0 Å². The van der Waals surface area contributed by atoms with Gasteiger partial charge in [0, 0.05) is 11.4 Å². The molecule has 146 valence electrons. The molecule has 0 bridgehead atoms. The van der Waals surface area contributed by atoms with E-state index in [4.69, 9.17) is 0 Å². The molecule has 0 aliphatic rings. The fraction of sp³-hybridized carbons (Fsp3) is 0.950. The van der Waals surface area contributed by atoms with Crippen LogP contribution in [-0.4, -0.2) is 48.3 Å². The molecule has 0 fully saturated rings. The Morgan fingerprint density at radius 3 is 1.42 bits per heavy atom. The van der Waals surface area contributed by atoms with E-state index in [-0.39, 0.29) is 0 Å². The number of quaternary nitrogens is 1. The zero-order valence-electron chi connectivity index (χ0n) is 17.2. The van der Waals surface area contributed by atoms with Gasteiger partial charge >= 0.3 is 0 Å². The fourth-order valence-corrected chi connectivity index (χ4v) is 2.51. The van der Waals surface area contributed by atoms with Crippen LogP contribution in [0.4, 0.5) is 0 Å². The Balaban J connectivity index is 0. The molecule has 0 saturated heterocycles. The molecule has 0 aliphatic carbocycles. The lowest BCUT2D eigenvalue weighted by molar-refractivity contribution is -0.929. The molecule has 0 unspecified atom stereocenters. The maximum atomic E-state index is 10.1. The average Bonchev–Trinajstić information content (AvgIpc) is 2.56. The lowest BCUT2D eigenvalue weighted by Gasteiger charge is -2.38. The minimum Gasteiger partial charge on any atom is -0.550 e. The Labute approximate surface area is 150 Å². The van der Waals surface area contributed by atoms with Gasteiger partial charge in [-0.15, -0.1) is 0 Å². The molecule has 0 heterocycles. The lowest BCUT2D eigenvalue weighted by atomic mass is 9.91. The summed E-state index contributed by atoms with van der Waals surface area (Å²) in [5.41, 5.74) is -0.653. The van der Waals surface area contributed by atoms with Crippen LogP contribution in [0.25, 0.3) is 0 Å². The normalized spacial score (nSPS) is 11.8. The number of aliphatic hydroxyl groups is 1. The Morgan fingerprint density at radius 2 is 1.25 bits per heavy atom. The minimum absolute atomic E-state index is 0.344. The molecular weight excluding hydrogens is 302 g/mol. The second-order valence-corrected chi connectivity index (χ2v) is 7.55. The van der Waals surface area contributed by atoms with Crippen molar-refractivity contribution in [3.8, 4) is 0 Å². The molecule has 24 heavy (non-hydrogen) atoms. The Hall–Kier alpha value is -0.610. The summed E-state index contributed by atoms with van der Waals surface area (Å²) in [4.78, 5) is 10.1. The molecule has 0 aromatic rings. The molecule has 1 N–H and O–H groups in total. The molecule has 0 aliphatic heterocycles. The maximum absolute atomic E-state index is 10.1. The SMILES string of the molecule is CCC(C)(C)C(=O)[O-].CCCC[N+](CCO)(CCCC)CCCC.